The second-order valence-corrected chi connectivity index (χ2v) is 4.69. The Morgan fingerprint density at radius 1 is 1.44 bits per heavy atom. The van der Waals surface area contributed by atoms with Crippen molar-refractivity contribution in [2.24, 2.45) is 0 Å². The van der Waals surface area contributed by atoms with Crippen LogP contribution in [-0.4, -0.2) is 29.0 Å². The first kappa shape index (κ1) is 11.3. The van der Waals surface area contributed by atoms with Crippen LogP contribution in [0.25, 0.3) is 5.69 Å². The lowest BCUT2D eigenvalue weighted by Gasteiger charge is -2.09. The zero-order chi connectivity index (χ0) is 12.4. The molecule has 2 aromatic rings. The van der Waals surface area contributed by atoms with E-state index in [1.54, 1.807) is 6.20 Å². The normalized spacial score (nSPS) is 19.1. The van der Waals surface area contributed by atoms with Crippen molar-refractivity contribution in [1.82, 2.24) is 15.1 Å². The lowest BCUT2D eigenvalue weighted by atomic mass is 10.2. The van der Waals surface area contributed by atoms with E-state index in [0.717, 1.165) is 30.9 Å². The van der Waals surface area contributed by atoms with Crippen LogP contribution in [0.1, 0.15) is 12.0 Å². The molecule has 2 heterocycles. The first-order valence-corrected chi connectivity index (χ1v) is 6.30. The highest BCUT2D eigenvalue weighted by molar-refractivity contribution is 5.35. The maximum absolute atomic E-state index is 5.86. The van der Waals surface area contributed by atoms with E-state index >= 15 is 0 Å². The monoisotopic (exact) mass is 243 g/mol. The summed E-state index contributed by atoms with van der Waals surface area (Å²) >= 11 is 0. The van der Waals surface area contributed by atoms with Crippen LogP contribution >= 0.6 is 0 Å². The SMILES string of the molecule is Cc1cccc(-n2cc(OC3CCNC3)cn2)c1. The second-order valence-electron chi connectivity index (χ2n) is 4.69. The Bertz CT molecular complexity index is 529. The van der Waals surface area contributed by atoms with Crippen molar-refractivity contribution < 1.29 is 4.74 Å². The minimum atomic E-state index is 0.278. The van der Waals surface area contributed by atoms with Crippen molar-refractivity contribution in [3.8, 4) is 11.4 Å². The van der Waals surface area contributed by atoms with Crippen molar-refractivity contribution in [3.63, 3.8) is 0 Å². The van der Waals surface area contributed by atoms with Gasteiger partial charge in [-0.05, 0) is 37.6 Å². The van der Waals surface area contributed by atoms with Gasteiger partial charge in [-0.15, -0.1) is 0 Å². The third-order valence-electron chi connectivity index (χ3n) is 3.14. The van der Waals surface area contributed by atoms with Crippen molar-refractivity contribution in [2.45, 2.75) is 19.4 Å². The first-order valence-electron chi connectivity index (χ1n) is 6.30. The number of rotatable bonds is 3. The summed E-state index contributed by atoms with van der Waals surface area (Å²) in [5, 5.41) is 7.63. The number of benzene rings is 1. The van der Waals surface area contributed by atoms with Crippen molar-refractivity contribution in [3.05, 3.63) is 42.2 Å². The van der Waals surface area contributed by atoms with Crippen molar-refractivity contribution in [1.29, 1.82) is 0 Å². The molecular formula is C14H17N3O. The fraction of sp³-hybridized carbons (Fsp3) is 0.357. The first-order chi connectivity index (χ1) is 8.81. The van der Waals surface area contributed by atoms with Crippen LogP contribution in [0.15, 0.2) is 36.7 Å². The van der Waals surface area contributed by atoms with Crippen LogP contribution in [-0.2, 0) is 0 Å². The summed E-state index contributed by atoms with van der Waals surface area (Å²) in [6, 6.07) is 8.26. The second kappa shape index (κ2) is 4.82. The van der Waals surface area contributed by atoms with Gasteiger partial charge in [0, 0.05) is 6.54 Å². The molecule has 1 fully saturated rings. The van der Waals surface area contributed by atoms with Gasteiger partial charge in [0.05, 0.1) is 18.1 Å². The van der Waals surface area contributed by atoms with E-state index in [1.165, 1.54) is 5.56 Å². The van der Waals surface area contributed by atoms with Crippen LogP contribution in [0.4, 0.5) is 0 Å². The van der Waals surface area contributed by atoms with Crippen LogP contribution in [0.3, 0.4) is 0 Å². The van der Waals surface area contributed by atoms with Gasteiger partial charge in [-0.2, -0.15) is 5.10 Å². The van der Waals surface area contributed by atoms with Gasteiger partial charge in [-0.3, -0.25) is 0 Å². The molecule has 18 heavy (non-hydrogen) atoms. The molecule has 1 aromatic heterocycles. The van der Waals surface area contributed by atoms with Crippen molar-refractivity contribution in [2.75, 3.05) is 13.1 Å². The predicted molar refractivity (Wildman–Crippen MR) is 70.2 cm³/mol. The molecule has 1 saturated heterocycles. The van der Waals surface area contributed by atoms with Crippen LogP contribution in [0.2, 0.25) is 0 Å². The number of nitrogens with zero attached hydrogens (tertiary/aromatic N) is 2. The summed E-state index contributed by atoms with van der Waals surface area (Å²) in [7, 11) is 0. The largest absolute Gasteiger partial charge is 0.486 e. The molecule has 1 aliphatic rings. The van der Waals surface area contributed by atoms with Gasteiger partial charge >= 0.3 is 0 Å². The third-order valence-corrected chi connectivity index (χ3v) is 3.14. The van der Waals surface area contributed by atoms with E-state index < -0.39 is 0 Å². The van der Waals surface area contributed by atoms with Crippen molar-refractivity contribution >= 4 is 0 Å². The highest BCUT2D eigenvalue weighted by atomic mass is 16.5. The Labute approximate surface area is 107 Å². The van der Waals surface area contributed by atoms with E-state index in [2.05, 4.69) is 29.5 Å². The number of hydrogen-bond acceptors (Lipinski definition) is 3. The number of ether oxygens (including phenoxy) is 1. The number of aryl methyl sites for hydroxylation is 1. The topological polar surface area (TPSA) is 39.1 Å². The minimum Gasteiger partial charge on any atom is -0.486 e. The minimum absolute atomic E-state index is 0.278. The van der Waals surface area contributed by atoms with Gasteiger partial charge < -0.3 is 10.1 Å². The Morgan fingerprint density at radius 3 is 3.17 bits per heavy atom. The molecule has 1 unspecified atom stereocenters. The third kappa shape index (κ3) is 2.38. The Kier molecular flexibility index (Phi) is 3.02. The van der Waals surface area contributed by atoms with Gasteiger partial charge in [-0.25, -0.2) is 4.68 Å². The average Bonchev–Trinajstić information content (AvgIpc) is 3.01. The van der Waals surface area contributed by atoms with E-state index in [1.807, 2.05) is 23.0 Å². The molecular weight excluding hydrogens is 226 g/mol. The maximum atomic E-state index is 5.86. The van der Waals surface area contributed by atoms with E-state index in [4.69, 9.17) is 4.74 Å². The van der Waals surface area contributed by atoms with Crippen LogP contribution < -0.4 is 10.1 Å². The fourth-order valence-corrected chi connectivity index (χ4v) is 2.20. The molecule has 0 radical (unpaired) electrons. The lowest BCUT2D eigenvalue weighted by molar-refractivity contribution is 0.223. The molecule has 1 aromatic carbocycles. The van der Waals surface area contributed by atoms with Gasteiger partial charge in [-0.1, -0.05) is 12.1 Å². The van der Waals surface area contributed by atoms with Gasteiger partial charge in [0.2, 0.25) is 0 Å². The standard InChI is InChI=1S/C14H17N3O/c1-11-3-2-4-12(7-11)17-10-14(9-16-17)18-13-5-6-15-8-13/h2-4,7,9-10,13,15H,5-6,8H2,1H3. The summed E-state index contributed by atoms with van der Waals surface area (Å²) in [5.41, 5.74) is 2.29. The van der Waals surface area contributed by atoms with Gasteiger partial charge in [0.1, 0.15) is 6.10 Å². The van der Waals surface area contributed by atoms with E-state index in [9.17, 15) is 0 Å². The lowest BCUT2D eigenvalue weighted by Crippen LogP contribution is -2.19. The molecule has 0 amide bonds. The Balaban J connectivity index is 1.76. The fourth-order valence-electron chi connectivity index (χ4n) is 2.20. The zero-order valence-electron chi connectivity index (χ0n) is 10.5. The maximum Gasteiger partial charge on any atom is 0.158 e. The van der Waals surface area contributed by atoms with E-state index in [0.29, 0.717) is 0 Å². The summed E-state index contributed by atoms with van der Waals surface area (Å²) in [6.45, 7) is 4.04. The molecule has 4 heteroatoms. The predicted octanol–water partition coefficient (Wildman–Crippen LogP) is 1.92. The molecule has 1 N–H and O–H groups in total. The quantitative estimate of drug-likeness (QED) is 0.895. The summed E-state index contributed by atoms with van der Waals surface area (Å²) in [5.74, 6) is 0.838. The molecule has 3 rings (SSSR count). The number of nitrogens with one attached hydrogen (secondary N) is 1. The number of hydrogen-bond donors (Lipinski definition) is 1. The van der Waals surface area contributed by atoms with E-state index in [-0.39, 0.29) is 6.10 Å². The molecule has 94 valence electrons. The average molecular weight is 243 g/mol. The smallest absolute Gasteiger partial charge is 0.158 e. The highest BCUT2D eigenvalue weighted by Crippen LogP contribution is 2.17. The molecule has 1 atom stereocenters. The molecule has 0 spiro atoms. The molecule has 0 saturated carbocycles. The van der Waals surface area contributed by atoms with Crippen LogP contribution in [0, 0.1) is 6.92 Å². The van der Waals surface area contributed by atoms with Gasteiger partial charge in [0.15, 0.2) is 5.75 Å². The Hall–Kier alpha value is -1.81. The molecule has 4 nitrogen and oxygen atoms in total. The zero-order valence-corrected chi connectivity index (χ0v) is 10.5. The summed E-state index contributed by atoms with van der Waals surface area (Å²) < 4.78 is 7.71. The Morgan fingerprint density at radius 2 is 2.39 bits per heavy atom. The van der Waals surface area contributed by atoms with Gasteiger partial charge in [0.25, 0.3) is 0 Å². The van der Waals surface area contributed by atoms with Crippen LogP contribution in [0.5, 0.6) is 5.75 Å². The summed E-state index contributed by atoms with van der Waals surface area (Å²) in [4.78, 5) is 0. The molecule has 0 bridgehead atoms. The molecule has 1 aliphatic heterocycles. The highest BCUT2D eigenvalue weighted by Gasteiger charge is 2.16. The number of aromatic nitrogens is 2. The molecule has 0 aliphatic carbocycles. The summed E-state index contributed by atoms with van der Waals surface area (Å²) in [6.07, 6.45) is 5.06.